The van der Waals surface area contributed by atoms with Gasteiger partial charge in [-0.25, -0.2) is 0 Å². The van der Waals surface area contributed by atoms with E-state index in [0.29, 0.717) is 12.5 Å². The standard InChI is InChI=1S/C27H30N2O/c1-18(2)24-11-9-22(10-12-24)17-30-25-13-14-28-26-20(4)21(5)29(27(25)26)16-23-8-6-7-19(3)15-23/h6-15,18H,16-17H2,1-5H3. The molecule has 0 saturated carbocycles. The SMILES string of the molecule is Cc1cccc(Cn2c(C)c(C)c3nccc(OCc4ccc(C(C)C)cc4)c32)c1. The van der Waals surface area contributed by atoms with Gasteiger partial charge in [0, 0.05) is 24.5 Å². The van der Waals surface area contributed by atoms with Gasteiger partial charge < -0.3 is 9.30 Å². The smallest absolute Gasteiger partial charge is 0.147 e. The maximum absolute atomic E-state index is 6.32. The van der Waals surface area contributed by atoms with Gasteiger partial charge in [-0.15, -0.1) is 0 Å². The summed E-state index contributed by atoms with van der Waals surface area (Å²) in [6.45, 7) is 12.2. The molecule has 0 N–H and O–H groups in total. The zero-order valence-electron chi connectivity index (χ0n) is 18.6. The zero-order valence-corrected chi connectivity index (χ0v) is 18.6. The molecule has 0 bridgehead atoms. The number of aromatic nitrogens is 2. The molecule has 2 aromatic carbocycles. The quantitative estimate of drug-likeness (QED) is 0.361. The van der Waals surface area contributed by atoms with Crippen molar-refractivity contribution >= 4 is 11.0 Å². The van der Waals surface area contributed by atoms with Crippen molar-refractivity contribution in [3.63, 3.8) is 0 Å². The predicted octanol–water partition coefficient (Wildman–Crippen LogP) is 6.71. The van der Waals surface area contributed by atoms with Crippen molar-refractivity contribution in [2.75, 3.05) is 0 Å². The summed E-state index contributed by atoms with van der Waals surface area (Å²) < 4.78 is 8.65. The molecule has 0 radical (unpaired) electrons. The van der Waals surface area contributed by atoms with Crippen LogP contribution < -0.4 is 4.74 Å². The van der Waals surface area contributed by atoms with Crippen LogP contribution in [0.25, 0.3) is 11.0 Å². The van der Waals surface area contributed by atoms with Gasteiger partial charge in [0.15, 0.2) is 0 Å². The van der Waals surface area contributed by atoms with E-state index in [2.05, 4.69) is 92.7 Å². The molecule has 0 aliphatic heterocycles. The second-order valence-electron chi connectivity index (χ2n) is 8.48. The molecule has 0 spiro atoms. The molecule has 0 aliphatic carbocycles. The fourth-order valence-electron chi connectivity index (χ4n) is 3.98. The molecular weight excluding hydrogens is 368 g/mol. The van der Waals surface area contributed by atoms with Gasteiger partial charge in [-0.1, -0.05) is 67.9 Å². The lowest BCUT2D eigenvalue weighted by molar-refractivity contribution is 0.308. The summed E-state index contributed by atoms with van der Waals surface area (Å²) in [6.07, 6.45) is 1.85. The van der Waals surface area contributed by atoms with E-state index in [1.807, 2.05) is 12.3 Å². The van der Waals surface area contributed by atoms with E-state index in [9.17, 15) is 0 Å². The van der Waals surface area contributed by atoms with Crippen LogP contribution in [0.4, 0.5) is 0 Å². The number of fused-ring (bicyclic) bond motifs is 1. The average molecular weight is 399 g/mol. The maximum atomic E-state index is 6.32. The Morgan fingerprint density at radius 1 is 0.933 bits per heavy atom. The molecule has 0 amide bonds. The minimum atomic E-state index is 0.538. The van der Waals surface area contributed by atoms with Crippen LogP contribution in [0.2, 0.25) is 0 Å². The van der Waals surface area contributed by atoms with E-state index in [1.165, 1.54) is 33.5 Å². The molecule has 0 fully saturated rings. The molecule has 3 nitrogen and oxygen atoms in total. The molecular formula is C27H30N2O. The van der Waals surface area contributed by atoms with Crippen LogP contribution in [-0.2, 0) is 13.2 Å². The first-order chi connectivity index (χ1) is 14.4. The van der Waals surface area contributed by atoms with Crippen LogP contribution in [0.3, 0.4) is 0 Å². The Kier molecular flexibility index (Phi) is 5.63. The lowest BCUT2D eigenvalue weighted by Gasteiger charge is -2.13. The molecule has 30 heavy (non-hydrogen) atoms. The summed E-state index contributed by atoms with van der Waals surface area (Å²) in [4.78, 5) is 4.67. The number of rotatable bonds is 6. The fraction of sp³-hybridized carbons (Fsp3) is 0.296. The second-order valence-corrected chi connectivity index (χ2v) is 8.48. The van der Waals surface area contributed by atoms with Gasteiger partial charge >= 0.3 is 0 Å². The first kappa shape index (κ1) is 20.2. The Balaban J connectivity index is 1.67. The molecule has 0 atom stereocenters. The van der Waals surface area contributed by atoms with Gasteiger partial charge in [-0.3, -0.25) is 4.98 Å². The van der Waals surface area contributed by atoms with Crippen LogP contribution >= 0.6 is 0 Å². The molecule has 0 unspecified atom stereocenters. The molecule has 4 rings (SSSR count). The lowest BCUT2D eigenvalue weighted by Crippen LogP contribution is -2.04. The summed E-state index contributed by atoms with van der Waals surface area (Å²) in [6, 6.07) is 19.4. The van der Waals surface area contributed by atoms with Gasteiger partial charge in [-0.05, 0) is 48.9 Å². The molecule has 154 valence electrons. The van der Waals surface area contributed by atoms with Gasteiger partial charge in [-0.2, -0.15) is 0 Å². The Morgan fingerprint density at radius 3 is 2.40 bits per heavy atom. The van der Waals surface area contributed by atoms with Gasteiger partial charge in [0.2, 0.25) is 0 Å². The van der Waals surface area contributed by atoms with Crippen molar-refractivity contribution < 1.29 is 4.74 Å². The van der Waals surface area contributed by atoms with Gasteiger partial charge in [0.25, 0.3) is 0 Å². The number of ether oxygens (including phenoxy) is 1. The number of hydrogen-bond acceptors (Lipinski definition) is 2. The minimum absolute atomic E-state index is 0.538. The number of hydrogen-bond donors (Lipinski definition) is 0. The average Bonchev–Trinajstić information content (AvgIpc) is 2.98. The third-order valence-electron chi connectivity index (χ3n) is 5.92. The predicted molar refractivity (Wildman–Crippen MR) is 124 cm³/mol. The summed E-state index contributed by atoms with van der Waals surface area (Å²) in [5.74, 6) is 1.42. The van der Waals surface area contributed by atoms with Crippen LogP contribution in [-0.4, -0.2) is 9.55 Å². The summed E-state index contributed by atoms with van der Waals surface area (Å²) in [5, 5.41) is 0. The third kappa shape index (κ3) is 3.97. The highest BCUT2D eigenvalue weighted by atomic mass is 16.5. The van der Waals surface area contributed by atoms with E-state index in [-0.39, 0.29) is 0 Å². The topological polar surface area (TPSA) is 27.1 Å². The Hall–Kier alpha value is -3.07. The minimum Gasteiger partial charge on any atom is -0.487 e. The van der Waals surface area contributed by atoms with Crippen LogP contribution in [0.5, 0.6) is 5.75 Å². The second kappa shape index (κ2) is 8.35. The number of aryl methyl sites for hydroxylation is 2. The van der Waals surface area contributed by atoms with Crippen LogP contribution in [0.15, 0.2) is 60.8 Å². The Morgan fingerprint density at radius 2 is 1.70 bits per heavy atom. The molecule has 4 aromatic rings. The van der Waals surface area contributed by atoms with Crippen molar-refractivity contribution in [3.05, 3.63) is 94.3 Å². The van der Waals surface area contributed by atoms with Crippen LogP contribution in [0.1, 0.15) is 53.3 Å². The van der Waals surface area contributed by atoms with Crippen molar-refractivity contribution in [2.24, 2.45) is 0 Å². The first-order valence-corrected chi connectivity index (χ1v) is 10.7. The highest BCUT2D eigenvalue weighted by Crippen LogP contribution is 2.32. The summed E-state index contributed by atoms with van der Waals surface area (Å²) >= 11 is 0. The fourth-order valence-corrected chi connectivity index (χ4v) is 3.98. The molecule has 2 aromatic heterocycles. The number of nitrogens with zero attached hydrogens (tertiary/aromatic N) is 2. The maximum Gasteiger partial charge on any atom is 0.147 e. The zero-order chi connectivity index (χ0) is 21.3. The Bertz CT molecular complexity index is 1170. The Labute approximate surface area is 179 Å². The highest BCUT2D eigenvalue weighted by molar-refractivity contribution is 5.86. The van der Waals surface area contributed by atoms with Crippen molar-refractivity contribution in [1.29, 1.82) is 0 Å². The highest BCUT2D eigenvalue weighted by Gasteiger charge is 2.17. The molecule has 0 aliphatic rings. The van der Waals surface area contributed by atoms with Crippen molar-refractivity contribution in [2.45, 2.75) is 53.7 Å². The largest absolute Gasteiger partial charge is 0.487 e. The normalized spacial score (nSPS) is 11.4. The van der Waals surface area contributed by atoms with E-state index in [1.54, 1.807) is 0 Å². The van der Waals surface area contributed by atoms with Gasteiger partial charge in [0.1, 0.15) is 17.9 Å². The molecule has 2 heterocycles. The summed E-state index contributed by atoms with van der Waals surface area (Å²) in [5.41, 5.74) is 9.63. The molecule has 0 saturated heterocycles. The summed E-state index contributed by atoms with van der Waals surface area (Å²) in [7, 11) is 0. The van der Waals surface area contributed by atoms with E-state index >= 15 is 0 Å². The van der Waals surface area contributed by atoms with E-state index in [0.717, 1.165) is 23.3 Å². The van der Waals surface area contributed by atoms with Crippen molar-refractivity contribution in [1.82, 2.24) is 9.55 Å². The van der Waals surface area contributed by atoms with E-state index < -0.39 is 0 Å². The monoisotopic (exact) mass is 398 g/mol. The van der Waals surface area contributed by atoms with Crippen LogP contribution in [0, 0.1) is 20.8 Å². The number of pyridine rings is 1. The van der Waals surface area contributed by atoms with Gasteiger partial charge in [0.05, 0.1) is 5.52 Å². The third-order valence-corrected chi connectivity index (χ3v) is 5.92. The van der Waals surface area contributed by atoms with E-state index in [4.69, 9.17) is 4.74 Å². The van der Waals surface area contributed by atoms with Crippen molar-refractivity contribution in [3.8, 4) is 5.75 Å². The first-order valence-electron chi connectivity index (χ1n) is 10.7. The molecule has 3 heteroatoms. The lowest BCUT2D eigenvalue weighted by atomic mass is 10.0. The number of benzene rings is 2.